The van der Waals surface area contributed by atoms with Crippen LogP contribution in [0.1, 0.15) is 44.8 Å². The number of furan rings is 1. The van der Waals surface area contributed by atoms with Crippen molar-refractivity contribution in [2.75, 3.05) is 19.3 Å². The van der Waals surface area contributed by atoms with Crippen LogP contribution >= 0.6 is 11.8 Å². The van der Waals surface area contributed by atoms with Crippen molar-refractivity contribution in [3.05, 3.63) is 24.2 Å². The molecule has 0 radical (unpaired) electrons. The molecule has 4 nitrogen and oxygen atoms in total. The molecular weight excluding hydrogens is 294 g/mol. The summed E-state index contributed by atoms with van der Waals surface area (Å²) in [5, 5.41) is 7.62. The summed E-state index contributed by atoms with van der Waals surface area (Å²) in [5.41, 5.74) is 0. The Kier molecular flexibility index (Phi) is 7.71. The molecule has 1 heterocycles. The van der Waals surface area contributed by atoms with Crippen LogP contribution in [0.15, 0.2) is 27.8 Å². The standard InChI is InChI=1S/C17H29N3OS/c1-14(22-2)13-19-17(20-15-7-4-3-5-8-15)18-11-10-16-9-6-12-21-16/h6,9,12,14-15H,3-5,7-8,10-11,13H2,1-2H3,(H2,18,19,20). The van der Waals surface area contributed by atoms with E-state index in [2.05, 4.69) is 23.8 Å². The van der Waals surface area contributed by atoms with Crippen molar-refractivity contribution >= 4 is 17.7 Å². The molecule has 124 valence electrons. The average Bonchev–Trinajstić information content (AvgIpc) is 3.06. The van der Waals surface area contributed by atoms with E-state index in [1.54, 1.807) is 6.26 Å². The van der Waals surface area contributed by atoms with E-state index in [9.17, 15) is 0 Å². The first-order chi connectivity index (χ1) is 10.8. The third-order valence-corrected chi connectivity index (χ3v) is 5.05. The molecule has 22 heavy (non-hydrogen) atoms. The van der Waals surface area contributed by atoms with Crippen LogP contribution in [0, 0.1) is 0 Å². The lowest BCUT2D eigenvalue weighted by molar-refractivity contribution is 0.409. The van der Waals surface area contributed by atoms with Gasteiger partial charge in [-0.15, -0.1) is 0 Å². The molecule has 1 unspecified atom stereocenters. The van der Waals surface area contributed by atoms with Gasteiger partial charge in [-0.1, -0.05) is 26.2 Å². The molecule has 0 bridgehead atoms. The third kappa shape index (κ3) is 6.34. The van der Waals surface area contributed by atoms with E-state index in [0.717, 1.165) is 31.2 Å². The van der Waals surface area contributed by atoms with Gasteiger partial charge in [0.05, 0.1) is 12.8 Å². The molecule has 1 aromatic rings. The maximum absolute atomic E-state index is 5.38. The minimum absolute atomic E-state index is 0.551. The number of thioether (sulfide) groups is 1. The van der Waals surface area contributed by atoms with Crippen molar-refractivity contribution in [3.63, 3.8) is 0 Å². The molecule has 1 saturated carbocycles. The zero-order valence-corrected chi connectivity index (χ0v) is 14.6. The quantitative estimate of drug-likeness (QED) is 0.596. The van der Waals surface area contributed by atoms with Crippen molar-refractivity contribution in [3.8, 4) is 0 Å². The van der Waals surface area contributed by atoms with Gasteiger partial charge in [-0.05, 0) is 31.2 Å². The fourth-order valence-corrected chi connectivity index (χ4v) is 2.87. The Hall–Kier alpha value is -1.10. The highest BCUT2D eigenvalue weighted by molar-refractivity contribution is 7.99. The molecule has 1 aliphatic rings. The van der Waals surface area contributed by atoms with E-state index in [0.29, 0.717) is 11.3 Å². The summed E-state index contributed by atoms with van der Waals surface area (Å²) in [6.07, 6.45) is 11.3. The van der Waals surface area contributed by atoms with Crippen LogP contribution in [0.4, 0.5) is 0 Å². The first-order valence-electron chi connectivity index (χ1n) is 8.38. The first kappa shape index (κ1) is 17.3. The zero-order chi connectivity index (χ0) is 15.6. The van der Waals surface area contributed by atoms with Crippen molar-refractivity contribution < 1.29 is 4.42 Å². The highest BCUT2D eigenvalue weighted by atomic mass is 32.2. The van der Waals surface area contributed by atoms with Gasteiger partial charge in [-0.3, -0.25) is 4.99 Å². The number of hydrogen-bond donors (Lipinski definition) is 2. The van der Waals surface area contributed by atoms with Crippen molar-refractivity contribution in [1.29, 1.82) is 0 Å². The molecule has 0 spiro atoms. The van der Waals surface area contributed by atoms with Crippen LogP contribution in [-0.4, -0.2) is 36.6 Å². The number of nitrogens with zero attached hydrogens (tertiary/aromatic N) is 1. The van der Waals surface area contributed by atoms with Gasteiger partial charge >= 0.3 is 0 Å². The lowest BCUT2D eigenvalue weighted by atomic mass is 9.96. The second-order valence-electron chi connectivity index (χ2n) is 5.97. The van der Waals surface area contributed by atoms with Gasteiger partial charge in [-0.2, -0.15) is 11.8 Å². The number of guanidine groups is 1. The number of hydrogen-bond acceptors (Lipinski definition) is 3. The van der Waals surface area contributed by atoms with Gasteiger partial charge in [0.15, 0.2) is 5.96 Å². The maximum atomic E-state index is 5.38. The number of rotatable bonds is 7. The molecule has 2 rings (SSSR count). The van der Waals surface area contributed by atoms with Crippen LogP contribution in [0.25, 0.3) is 0 Å². The summed E-state index contributed by atoms with van der Waals surface area (Å²) in [5.74, 6) is 1.97. The monoisotopic (exact) mass is 323 g/mol. The molecule has 1 aromatic heterocycles. The fourth-order valence-electron chi connectivity index (χ4n) is 2.65. The van der Waals surface area contributed by atoms with Crippen LogP contribution in [0.3, 0.4) is 0 Å². The molecule has 1 atom stereocenters. The predicted octanol–water partition coefficient (Wildman–Crippen LogP) is 3.44. The van der Waals surface area contributed by atoms with Gasteiger partial charge in [0.25, 0.3) is 0 Å². The Labute approximate surface area is 138 Å². The van der Waals surface area contributed by atoms with Crippen LogP contribution in [0.5, 0.6) is 0 Å². The maximum Gasteiger partial charge on any atom is 0.191 e. The van der Waals surface area contributed by atoms with E-state index in [-0.39, 0.29) is 0 Å². The van der Waals surface area contributed by atoms with Crippen molar-refractivity contribution in [1.82, 2.24) is 10.6 Å². The topological polar surface area (TPSA) is 49.6 Å². The SMILES string of the molecule is CSC(C)CN=C(NCCc1ccco1)NC1CCCCC1. The normalized spacial score (nSPS) is 18.2. The number of nitrogens with one attached hydrogen (secondary N) is 2. The largest absolute Gasteiger partial charge is 0.469 e. The van der Waals surface area contributed by atoms with E-state index in [1.807, 2.05) is 23.9 Å². The summed E-state index contributed by atoms with van der Waals surface area (Å²) in [7, 11) is 0. The Morgan fingerprint density at radius 1 is 1.41 bits per heavy atom. The Morgan fingerprint density at radius 2 is 2.23 bits per heavy atom. The lowest BCUT2D eigenvalue weighted by Crippen LogP contribution is -2.45. The van der Waals surface area contributed by atoms with E-state index in [1.165, 1.54) is 32.1 Å². The Balaban J connectivity index is 1.82. The molecule has 1 fully saturated rings. The molecule has 1 aliphatic carbocycles. The predicted molar refractivity (Wildman–Crippen MR) is 95.7 cm³/mol. The highest BCUT2D eigenvalue weighted by Crippen LogP contribution is 2.17. The molecular formula is C17H29N3OS. The fraction of sp³-hybridized carbons (Fsp3) is 0.706. The minimum atomic E-state index is 0.551. The molecule has 0 amide bonds. The van der Waals surface area contributed by atoms with E-state index >= 15 is 0 Å². The summed E-state index contributed by atoms with van der Waals surface area (Å²) in [6.45, 7) is 3.92. The molecule has 5 heteroatoms. The summed E-state index contributed by atoms with van der Waals surface area (Å²) >= 11 is 1.86. The lowest BCUT2D eigenvalue weighted by Gasteiger charge is -2.25. The second-order valence-corrected chi connectivity index (χ2v) is 7.25. The average molecular weight is 324 g/mol. The van der Waals surface area contributed by atoms with Crippen molar-refractivity contribution in [2.24, 2.45) is 4.99 Å². The van der Waals surface area contributed by atoms with Crippen molar-refractivity contribution in [2.45, 2.75) is 56.7 Å². The van der Waals surface area contributed by atoms with Crippen LogP contribution in [-0.2, 0) is 6.42 Å². The molecule has 0 aromatic carbocycles. The third-order valence-electron chi connectivity index (χ3n) is 4.10. The zero-order valence-electron chi connectivity index (χ0n) is 13.8. The minimum Gasteiger partial charge on any atom is -0.469 e. The number of aliphatic imine (C=N–C) groups is 1. The van der Waals surface area contributed by atoms with E-state index in [4.69, 9.17) is 9.41 Å². The summed E-state index contributed by atoms with van der Waals surface area (Å²) in [4.78, 5) is 4.75. The first-order valence-corrected chi connectivity index (χ1v) is 9.66. The summed E-state index contributed by atoms with van der Waals surface area (Å²) < 4.78 is 5.38. The second kappa shape index (κ2) is 9.82. The molecule has 0 saturated heterocycles. The van der Waals surface area contributed by atoms with Gasteiger partial charge in [0, 0.05) is 24.3 Å². The van der Waals surface area contributed by atoms with Gasteiger partial charge < -0.3 is 15.1 Å². The molecule has 0 aliphatic heterocycles. The van der Waals surface area contributed by atoms with Crippen LogP contribution < -0.4 is 10.6 Å². The summed E-state index contributed by atoms with van der Waals surface area (Å²) in [6, 6.07) is 4.53. The highest BCUT2D eigenvalue weighted by Gasteiger charge is 2.14. The van der Waals surface area contributed by atoms with Gasteiger partial charge in [0.2, 0.25) is 0 Å². The Morgan fingerprint density at radius 3 is 2.91 bits per heavy atom. The molecule has 2 N–H and O–H groups in total. The van der Waals surface area contributed by atoms with Crippen LogP contribution in [0.2, 0.25) is 0 Å². The van der Waals surface area contributed by atoms with Gasteiger partial charge in [0.1, 0.15) is 5.76 Å². The smallest absolute Gasteiger partial charge is 0.191 e. The van der Waals surface area contributed by atoms with E-state index < -0.39 is 0 Å². The van der Waals surface area contributed by atoms with Gasteiger partial charge in [-0.25, -0.2) is 0 Å². The Bertz CT molecular complexity index is 427.